The lowest BCUT2D eigenvalue weighted by molar-refractivity contribution is -0.132. The summed E-state index contributed by atoms with van der Waals surface area (Å²) in [5.41, 5.74) is 0. The standard InChI is InChI=1S/C15H20F2N2O2/c1-11-10-19(7-6-18-11)15(20)3-2-8-21-14-5-4-12(16)9-13(14)17/h4-5,9,11,18H,2-3,6-8,10H2,1H3/t11-/m1/s1. The first-order valence-electron chi connectivity index (χ1n) is 7.15. The maximum atomic E-state index is 13.3. The van der Waals surface area contributed by atoms with Gasteiger partial charge in [-0.25, -0.2) is 8.78 Å². The molecular formula is C15H20F2N2O2. The molecule has 0 radical (unpaired) electrons. The summed E-state index contributed by atoms with van der Waals surface area (Å²) in [5.74, 6) is -1.26. The van der Waals surface area contributed by atoms with Crippen LogP contribution in [0.4, 0.5) is 8.78 Å². The van der Waals surface area contributed by atoms with E-state index in [9.17, 15) is 13.6 Å². The number of nitrogens with zero attached hydrogens (tertiary/aromatic N) is 1. The lowest BCUT2D eigenvalue weighted by Gasteiger charge is -2.32. The molecule has 116 valence electrons. The number of carbonyl (C=O) groups excluding carboxylic acids is 1. The van der Waals surface area contributed by atoms with Gasteiger partial charge >= 0.3 is 0 Å². The average Bonchev–Trinajstić information content (AvgIpc) is 2.45. The molecule has 2 rings (SSSR count). The molecular weight excluding hydrogens is 278 g/mol. The Morgan fingerprint density at radius 3 is 3.00 bits per heavy atom. The highest BCUT2D eigenvalue weighted by atomic mass is 19.1. The van der Waals surface area contributed by atoms with Gasteiger partial charge in [0.15, 0.2) is 11.6 Å². The molecule has 1 saturated heterocycles. The zero-order chi connectivity index (χ0) is 15.2. The lowest BCUT2D eigenvalue weighted by Crippen LogP contribution is -2.51. The molecule has 1 aliphatic rings. The van der Waals surface area contributed by atoms with Crippen LogP contribution >= 0.6 is 0 Å². The van der Waals surface area contributed by atoms with Crippen molar-refractivity contribution in [2.75, 3.05) is 26.2 Å². The third-order valence-electron chi connectivity index (χ3n) is 3.41. The smallest absolute Gasteiger partial charge is 0.222 e. The van der Waals surface area contributed by atoms with Crippen LogP contribution in [0.3, 0.4) is 0 Å². The van der Waals surface area contributed by atoms with E-state index in [1.54, 1.807) is 0 Å². The highest BCUT2D eigenvalue weighted by molar-refractivity contribution is 5.76. The molecule has 0 aliphatic carbocycles. The number of benzene rings is 1. The van der Waals surface area contributed by atoms with Gasteiger partial charge in [-0.2, -0.15) is 0 Å². The minimum absolute atomic E-state index is 0.0136. The van der Waals surface area contributed by atoms with Crippen LogP contribution in [0.25, 0.3) is 0 Å². The molecule has 1 heterocycles. The number of ether oxygens (including phenoxy) is 1. The molecule has 1 N–H and O–H groups in total. The molecule has 0 unspecified atom stereocenters. The fourth-order valence-corrected chi connectivity index (χ4v) is 2.31. The van der Waals surface area contributed by atoms with E-state index in [0.29, 0.717) is 25.4 Å². The molecule has 1 amide bonds. The van der Waals surface area contributed by atoms with Crippen LogP contribution in [-0.4, -0.2) is 43.1 Å². The van der Waals surface area contributed by atoms with Crippen molar-refractivity contribution < 1.29 is 18.3 Å². The van der Waals surface area contributed by atoms with E-state index in [1.807, 2.05) is 11.8 Å². The van der Waals surface area contributed by atoms with Crippen molar-refractivity contribution in [2.45, 2.75) is 25.8 Å². The van der Waals surface area contributed by atoms with Crippen molar-refractivity contribution in [1.82, 2.24) is 10.2 Å². The zero-order valence-electron chi connectivity index (χ0n) is 12.1. The monoisotopic (exact) mass is 298 g/mol. The molecule has 1 aromatic carbocycles. The van der Waals surface area contributed by atoms with Gasteiger partial charge in [0.2, 0.25) is 5.91 Å². The summed E-state index contributed by atoms with van der Waals surface area (Å²) in [6.45, 7) is 4.52. The predicted octanol–water partition coefficient (Wildman–Crippen LogP) is 1.94. The van der Waals surface area contributed by atoms with Gasteiger partial charge in [0.25, 0.3) is 0 Å². The quantitative estimate of drug-likeness (QED) is 0.845. The van der Waals surface area contributed by atoms with Gasteiger partial charge < -0.3 is 15.0 Å². The highest BCUT2D eigenvalue weighted by Gasteiger charge is 2.19. The van der Waals surface area contributed by atoms with Crippen LogP contribution in [0.15, 0.2) is 18.2 Å². The topological polar surface area (TPSA) is 41.6 Å². The van der Waals surface area contributed by atoms with E-state index >= 15 is 0 Å². The Morgan fingerprint density at radius 1 is 1.48 bits per heavy atom. The number of piperazine rings is 1. The molecule has 0 spiro atoms. The number of halogens is 2. The van der Waals surface area contributed by atoms with Gasteiger partial charge in [0.1, 0.15) is 5.82 Å². The Hall–Kier alpha value is -1.69. The number of rotatable bonds is 5. The van der Waals surface area contributed by atoms with Crippen LogP contribution in [0.1, 0.15) is 19.8 Å². The first-order valence-corrected chi connectivity index (χ1v) is 7.15. The molecule has 4 nitrogen and oxygen atoms in total. The second kappa shape index (κ2) is 7.36. The van der Waals surface area contributed by atoms with Gasteiger partial charge in [0, 0.05) is 38.2 Å². The number of amides is 1. The minimum atomic E-state index is -0.725. The van der Waals surface area contributed by atoms with E-state index in [4.69, 9.17) is 4.74 Å². The van der Waals surface area contributed by atoms with E-state index in [2.05, 4.69) is 5.32 Å². The van der Waals surface area contributed by atoms with E-state index in [1.165, 1.54) is 6.07 Å². The Morgan fingerprint density at radius 2 is 2.29 bits per heavy atom. The summed E-state index contributed by atoms with van der Waals surface area (Å²) < 4.78 is 31.3. The van der Waals surface area contributed by atoms with Gasteiger partial charge in [0.05, 0.1) is 6.61 Å². The molecule has 1 aromatic rings. The summed E-state index contributed by atoms with van der Waals surface area (Å²) in [6.07, 6.45) is 0.878. The summed E-state index contributed by atoms with van der Waals surface area (Å²) in [7, 11) is 0. The third kappa shape index (κ3) is 4.67. The van der Waals surface area contributed by atoms with Crippen molar-refractivity contribution in [3.05, 3.63) is 29.8 Å². The number of carbonyl (C=O) groups is 1. The summed E-state index contributed by atoms with van der Waals surface area (Å²) in [4.78, 5) is 13.8. The molecule has 6 heteroatoms. The Balaban J connectivity index is 1.70. The van der Waals surface area contributed by atoms with Crippen molar-refractivity contribution in [1.29, 1.82) is 0 Å². The molecule has 0 bridgehead atoms. The number of nitrogens with one attached hydrogen (secondary N) is 1. The first kappa shape index (κ1) is 15.7. The second-order valence-electron chi connectivity index (χ2n) is 5.22. The molecule has 1 atom stereocenters. The molecule has 1 fully saturated rings. The number of hydrogen-bond acceptors (Lipinski definition) is 3. The van der Waals surface area contributed by atoms with Crippen molar-refractivity contribution in [3.63, 3.8) is 0 Å². The largest absolute Gasteiger partial charge is 0.491 e. The average molecular weight is 298 g/mol. The molecule has 21 heavy (non-hydrogen) atoms. The number of hydrogen-bond donors (Lipinski definition) is 1. The Bertz CT molecular complexity index is 497. The fourth-order valence-electron chi connectivity index (χ4n) is 2.31. The molecule has 0 saturated carbocycles. The van der Waals surface area contributed by atoms with Gasteiger partial charge in [-0.05, 0) is 25.5 Å². The van der Waals surface area contributed by atoms with Crippen molar-refractivity contribution >= 4 is 5.91 Å². The van der Waals surface area contributed by atoms with Crippen LogP contribution in [0, 0.1) is 11.6 Å². The summed E-state index contributed by atoms with van der Waals surface area (Å²) in [5, 5.41) is 3.28. The zero-order valence-corrected chi connectivity index (χ0v) is 12.1. The predicted molar refractivity (Wildman–Crippen MR) is 75.1 cm³/mol. The van der Waals surface area contributed by atoms with Gasteiger partial charge in [-0.1, -0.05) is 0 Å². The normalized spacial score (nSPS) is 18.6. The SMILES string of the molecule is C[C@@H]1CN(C(=O)CCCOc2ccc(F)cc2F)CCN1. The van der Waals surface area contributed by atoms with Crippen LogP contribution < -0.4 is 10.1 Å². The van der Waals surface area contributed by atoms with Crippen molar-refractivity contribution in [2.24, 2.45) is 0 Å². The third-order valence-corrected chi connectivity index (χ3v) is 3.41. The highest BCUT2D eigenvalue weighted by Crippen LogP contribution is 2.17. The lowest BCUT2D eigenvalue weighted by atomic mass is 10.2. The van der Waals surface area contributed by atoms with Gasteiger partial charge in [-0.15, -0.1) is 0 Å². The summed E-state index contributed by atoms with van der Waals surface area (Å²) >= 11 is 0. The first-order chi connectivity index (χ1) is 10.1. The molecule has 1 aliphatic heterocycles. The van der Waals surface area contributed by atoms with Crippen LogP contribution in [0.2, 0.25) is 0 Å². The maximum absolute atomic E-state index is 13.3. The van der Waals surface area contributed by atoms with Crippen molar-refractivity contribution in [3.8, 4) is 5.75 Å². The molecule has 0 aromatic heterocycles. The minimum Gasteiger partial charge on any atom is -0.491 e. The van der Waals surface area contributed by atoms with Gasteiger partial charge in [-0.3, -0.25) is 4.79 Å². The Kier molecular flexibility index (Phi) is 5.50. The second-order valence-corrected chi connectivity index (χ2v) is 5.22. The summed E-state index contributed by atoms with van der Waals surface area (Å²) in [6, 6.07) is 3.49. The van der Waals surface area contributed by atoms with E-state index < -0.39 is 11.6 Å². The van der Waals surface area contributed by atoms with E-state index in [-0.39, 0.29) is 18.3 Å². The van der Waals surface area contributed by atoms with Crippen LogP contribution in [-0.2, 0) is 4.79 Å². The Labute approximate surface area is 123 Å². The fraction of sp³-hybridized carbons (Fsp3) is 0.533. The maximum Gasteiger partial charge on any atom is 0.222 e. The van der Waals surface area contributed by atoms with E-state index in [0.717, 1.165) is 25.2 Å². The van der Waals surface area contributed by atoms with Crippen LogP contribution in [0.5, 0.6) is 5.75 Å².